The largest absolute Gasteiger partial charge is 0.497 e. The summed E-state index contributed by atoms with van der Waals surface area (Å²) >= 11 is 0. The number of ketones is 1. The molecule has 0 fully saturated rings. The van der Waals surface area contributed by atoms with E-state index < -0.39 is 12.1 Å². The number of Topliss-reactive ketones (excluding diaryl/α,β-unsaturated/α-hetero) is 1. The van der Waals surface area contributed by atoms with E-state index in [2.05, 4.69) is 10.0 Å². The smallest absolute Gasteiger partial charge is 0.241 e. The number of methoxy groups -OCH3 is 1. The van der Waals surface area contributed by atoms with Crippen molar-refractivity contribution in [3.05, 3.63) is 40.3 Å². The fraction of sp³-hybridized carbons (Fsp3) is 0.222. The standard InChI is InChI=1S/C9H8FN3O2/c1-15-7-4-2-6(3-5-7)8(14)9(10)12-13-11/h2-5,9H,1H3. The Bertz CT molecular complexity index is 398. The van der Waals surface area contributed by atoms with Gasteiger partial charge in [-0.1, -0.05) is 0 Å². The second-order valence-corrected chi connectivity index (χ2v) is 2.63. The maximum absolute atomic E-state index is 12.9. The molecule has 1 aromatic rings. The molecule has 1 atom stereocenters. The van der Waals surface area contributed by atoms with Gasteiger partial charge in [0.25, 0.3) is 0 Å². The van der Waals surface area contributed by atoms with Crippen LogP contribution in [0.1, 0.15) is 10.4 Å². The first-order valence-electron chi connectivity index (χ1n) is 4.05. The normalized spacial score (nSPS) is 11.3. The van der Waals surface area contributed by atoms with E-state index in [1.807, 2.05) is 0 Å². The molecule has 5 nitrogen and oxygen atoms in total. The van der Waals surface area contributed by atoms with Crippen LogP contribution in [0.3, 0.4) is 0 Å². The molecule has 0 amide bonds. The number of alkyl halides is 1. The number of benzene rings is 1. The maximum atomic E-state index is 12.9. The fourth-order valence-corrected chi connectivity index (χ4v) is 0.991. The van der Waals surface area contributed by atoms with E-state index in [0.717, 1.165) is 0 Å². The van der Waals surface area contributed by atoms with Gasteiger partial charge in [-0.15, -0.1) is 0 Å². The molecule has 0 aliphatic carbocycles. The molecule has 1 unspecified atom stereocenters. The van der Waals surface area contributed by atoms with Crippen molar-refractivity contribution in [2.75, 3.05) is 7.11 Å². The number of carbonyl (C=O) groups excluding carboxylic acids is 1. The molecule has 0 aromatic heterocycles. The molecule has 0 spiro atoms. The lowest BCUT2D eigenvalue weighted by Gasteiger charge is -2.02. The van der Waals surface area contributed by atoms with Crippen LogP contribution in [0.5, 0.6) is 5.75 Å². The van der Waals surface area contributed by atoms with Crippen LogP contribution in [0.15, 0.2) is 29.4 Å². The van der Waals surface area contributed by atoms with Crippen molar-refractivity contribution in [2.24, 2.45) is 5.11 Å². The Balaban J connectivity index is 2.87. The Morgan fingerprint density at radius 1 is 1.53 bits per heavy atom. The van der Waals surface area contributed by atoms with Crippen LogP contribution in [-0.2, 0) is 0 Å². The molecule has 0 heterocycles. The molecule has 0 saturated carbocycles. The minimum atomic E-state index is -2.18. The van der Waals surface area contributed by atoms with Crippen LogP contribution in [0.25, 0.3) is 10.4 Å². The zero-order chi connectivity index (χ0) is 11.3. The van der Waals surface area contributed by atoms with Crippen LogP contribution in [0, 0.1) is 0 Å². The lowest BCUT2D eigenvalue weighted by atomic mass is 10.1. The summed E-state index contributed by atoms with van der Waals surface area (Å²) in [7, 11) is 1.48. The molecule has 15 heavy (non-hydrogen) atoms. The molecule has 6 heteroatoms. The number of rotatable bonds is 4. The fourth-order valence-electron chi connectivity index (χ4n) is 0.991. The molecule has 0 saturated heterocycles. The summed E-state index contributed by atoms with van der Waals surface area (Å²) in [5.41, 5.74) is 8.10. The highest BCUT2D eigenvalue weighted by Gasteiger charge is 2.16. The van der Waals surface area contributed by atoms with Gasteiger partial charge in [0.15, 0.2) is 0 Å². The Morgan fingerprint density at radius 3 is 2.60 bits per heavy atom. The van der Waals surface area contributed by atoms with Gasteiger partial charge in [-0.3, -0.25) is 4.79 Å². The zero-order valence-corrected chi connectivity index (χ0v) is 7.92. The molecule has 1 rings (SSSR count). The summed E-state index contributed by atoms with van der Waals surface area (Å²) in [5, 5.41) is 2.68. The van der Waals surface area contributed by atoms with Gasteiger partial charge in [-0.05, 0) is 34.9 Å². The van der Waals surface area contributed by atoms with Crippen molar-refractivity contribution in [1.29, 1.82) is 0 Å². The molecule has 0 bridgehead atoms. The summed E-state index contributed by atoms with van der Waals surface area (Å²) in [4.78, 5) is 13.5. The van der Waals surface area contributed by atoms with Gasteiger partial charge in [0, 0.05) is 10.5 Å². The quantitative estimate of drug-likeness (QED) is 0.251. The highest BCUT2D eigenvalue weighted by atomic mass is 19.1. The molecule has 0 aliphatic heterocycles. The van der Waals surface area contributed by atoms with E-state index in [0.29, 0.717) is 5.75 Å². The van der Waals surface area contributed by atoms with Gasteiger partial charge in [0.05, 0.1) is 7.11 Å². The van der Waals surface area contributed by atoms with E-state index in [1.165, 1.54) is 31.4 Å². The van der Waals surface area contributed by atoms with E-state index in [4.69, 9.17) is 10.3 Å². The maximum Gasteiger partial charge on any atom is 0.241 e. The monoisotopic (exact) mass is 209 g/mol. The molecule has 1 aromatic carbocycles. The lowest BCUT2D eigenvalue weighted by Crippen LogP contribution is -2.12. The number of halogens is 1. The first kappa shape index (κ1) is 11.0. The predicted octanol–water partition coefficient (Wildman–Crippen LogP) is 2.48. The van der Waals surface area contributed by atoms with Gasteiger partial charge in [0.1, 0.15) is 5.75 Å². The van der Waals surface area contributed by atoms with Crippen LogP contribution in [-0.4, -0.2) is 19.2 Å². The number of ether oxygens (including phenoxy) is 1. The highest BCUT2D eigenvalue weighted by Crippen LogP contribution is 2.14. The molecule has 0 radical (unpaired) electrons. The van der Waals surface area contributed by atoms with Gasteiger partial charge in [-0.25, -0.2) is 4.39 Å². The SMILES string of the molecule is COc1ccc(C(=O)C(F)N=[N+]=[N-])cc1. The Labute approximate surface area is 85.1 Å². The molecule has 78 valence electrons. The van der Waals surface area contributed by atoms with E-state index >= 15 is 0 Å². The lowest BCUT2D eigenvalue weighted by molar-refractivity contribution is 0.0883. The number of carbonyl (C=O) groups is 1. The van der Waals surface area contributed by atoms with Gasteiger partial charge in [0.2, 0.25) is 12.1 Å². The minimum absolute atomic E-state index is 0.135. The highest BCUT2D eigenvalue weighted by molar-refractivity contribution is 5.99. The van der Waals surface area contributed by atoms with Crippen molar-refractivity contribution in [2.45, 2.75) is 6.30 Å². The van der Waals surface area contributed by atoms with E-state index in [-0.39, 0.29) is 5.56 Å². The summed E-state index contributed by atoms with van der Waals surface area (Å²) < 4.78 is 17.7. The van der Waals surface area contributed by atoms with Gasteiger partial charge >= 0.3 is 0 Å². The Morgan fingerprint density at radius 2 is 2.13 bits per heavy atom. The summed E-state index contributed by atoms with van der Waals surface area (Å²) in [6.45, 7) is 0. The summed E-state index contributed by atoms with van der Waals surface area (Å²) in [6.07, 6.45) is -2.18. The number of nitrogens with zero attached hydrogens (tertiary/aromatic N) is 3. The van der Waals surface area contributed by atoms with Crippen molar-refractivity contribution >= 4 is 5.78 Å². The van der Waals surface area contributed by atoms with Crippen LogP contribution in [0.2, 0.25) is 0 Å². The van der Waals surface area contributed by atoms with Gasteiger partial charge < -0.3 is 4.74 Å². The van der Waals surface area contributed by atoms with Crippen molar-refractivity contribution < 1.29 is 13.9 Å². The molecular weight excluding hydrogens is 201 g/mol. The second kappa shape index (κ2) is 4.97. The summed E-state index contributed by atoms with van der Waals surface area (Å²) in [6, 6.07) is 5.85. The number of hydrogen-bond donors (Lipinski definition) is 0. The molecule has 0 N–H and O–H groups in total. The first-order valence-corrected chi connectivity index (χ1v) is 4.05. The number of hydrogen-bond acceptors (Lipinski definition) is 3. The molecule has 0 aliphatic rings. The van der Waals surface area contributed by atoms with Gasteiger partial charge in [-0.2, -0.15) is 0 Å². The predicted molar refractivity (Wildman–Crippen MR) is 51.4 cm³/mol. The zero-order valence-electron chi connectivity index (χ0n) is 7.92. The average molecular weight is 209 g/mol. The topological polar surface area (TPSA) is 75.1 Å². The third-order valence-corrected chi connectivity index (χ3v) is 1.74. The number of azide groups is 1. The van der Waals surface area contributed by atoms with Crippen molar-refractivity contribution in [3.63, 3.8) is 0 Å². The minimum Gasteiger partial charge on any atom is -0.497 e. The summed E-state index contributed by atoms with van der Waals surface area (Å²) in [5.74, 6) is -0.304. The van der Waals surface area contributed by atoms with Crippen molar-refractivity contribution in [3.8, 4) is 5.75 Å². The first-order chi connectivity index (χ1) is 7.19. The Hall–Kier alpha value is -2.07. The van der Waals surface area contributed by atoms with E-state index in [1.54, 1.807) is 0 Å². The van der Waals surface area contributed by atoms with Crippen molar-refractivity contribution in [1.82, 2.24) is 0 Å². The van der Waals surface area contributed by atoms with Crippen LogP contribution >= 0.6 is 0 Å². The Kier molecular flexibility index (Phi) is 3.65. The average Bonchev–Trinajstić information content (AvgIpc) is 2.28. The van der Waals surface area contributed by atoms with Crippen LogP contribution < -0.4 is 4.74 Å². The molecular formula is C9H8FN3O2. The van der Waals surface area contributed by atoms with E-state index in [9.17, 15) is 9.18 Å². The second-order valence-electron chi connectivity index (χ2n) is 2.63. The third-order valence-electron chi connectivity index (χ3n) is 1.74. The third kappa shape index (κ3) is 2.69. The van der Waals surface area contributed by atoms with Crippen LogP contribution in [0.4, 0.5) is 4.39 Å².